The van der Waals surface area contributed by atoms with Gasteiger partial charge in [0.05, 0.1) is 18.9 Å². The first-order valence-corrected chi connectivity index (χ1v) is 17.1. The van der Waals surface area contributed by atoms with Crippen molar-refractivity contribution in [3.8, 4) is 0 Å². The molecule has 0 rings (SSSR count). The average molecular weight is 551 g/mol. The highest BCUT2D eigenvalue weighted by atomic mass is 16.5. The third kappa shape index (κ3) is 29.5. The summed E-state index contributed by atoms with van der Waals surface area (Å²) in [6.45, 7) is 4.61. The Morgan fingerprint density at radius 2 is 0.949 bits per heavy atom. The largest absolute Gasteiger partial charge is 0.481 e. The zero-order chi connectivity index (χ0) is 28.7. The van der Waals surface area contributed by atoms with Crippen LogP contribution in [0.1, 0.15) is 187 Å². The standard InChI is InChI=1S/C35H66O4/c1-3-5-6-7-8-9-10-11-12-13-14-15-16-17-18-19-20-21-22-23-24-25-26-27-28-29-30-33(32-34(36)37)35(38)39-31-4-2/h17-18,33H,3-16,19-32H2,1-2H3,(H,36,37)/b18-17+. The molecule has 1 N–H and O–H groups in total. The van der Waals surface area contributed by atoms with Crippen LogP contribution in [-0.2, 0) is 14.3 Å². The first-order chi connectivity index (χ1) is 19.1. The van der Waals surface area contributed by atoms with Crippen molar-refractivity contribution in [1.82, 2.24) is 0 Å². The predicted molar refractivity (Wildman–Crippen MR) is 167 cm³/mol. The monoisotopic (exact) mass is 550 g/mol. The fourth-order valence-corrected chi connectivity index (χ4v) is 5.24. The Bertz CT molecular complexity index is 557. The van der Waals surface area contributed by atoms with E-state index in [9.17, 15) is 9.59 Å². The Morgan fingerprint density at radius 3 is 1.33 bits per heavy atom. The molecule has 0 bridgehead atoms. The summed E-state index contributed by atoms with van der Waals surface area (Å²) in [5.41, 5.74) is 0. The number of carbonyl (C=O) groups excluding carboxylic acids is 1. The molecule has 0 amide bonds. The number of rotatable bonds is 31. The van der Waals surface area contributed by atoms with E-state index in [-0.39, 0.29) is 12.4 Å². The van der Waals surface area contributed by atoms with Gasteiger partial charge in [-0.25, -0.2) is 0 Å². The van der Waals surface area contributed by atoms with Crippen molar-refractivity contribution >= 4 is 11.9 Å². The molecule has 4 heteroatoms. The van der Waals surface area contributed by atoms with Crippen molar-refractivity contribution in [2.24, 2.45) is 5.92 Å². The lowest BCUT2D eigenvalue weighted by atomic mass is 9.97. The second kappa shape index (κ2) is 31.2. The van der Waals surface area contributed by atoms with Crippen LogP contribution in [0.5, 0.6) is 0 Å². The van der Waals surface area contributed by atoms with E-state index in [1.54, 1.807) is 0 Å². The molecule has 0 aromatic carbocycles. The SMILES string of the molecule is CCCCCCCCCCCCCC/C=C/CCCCCCCCCCCCC(CC(=O)O)C(=O)OCCC. The lowest BCUT2D eigenvalue weighted by Crippen LogP contribution is -2.21. The summed E-state index contributed by atoms with van der Waals surface area (Å²) in [4.78, 5) is 23.0. The van der Waals surface area contributed by atoms with E-state index >= 15 is 0 Å². The smallest absolute Gasteiger partial charge is 0.309 e. The highest BCUT2D eigenvalue weighted by Crippen LogP contribution is 2.18. The van der Waals surface area contributed by atoms with Crippen molar-refractivity contribution in [3.05, 3.63) is 12.2 Å². The van der Waals surface area contributed by atoms with Gasteiger partial charge in [0.15, 0.2) is 0 Å². The molecule has 0 saturated heterocycles. The molecule has 0 fully saturated rings. The summed E-state index contributed by atoms with van der Waals surface area (Å²) in [7, 11) is 0. The van der Waals surface area contributed by atoms with E-state index < -0.39 is 11.9 Å². The molecule has 0 aliphatic carbocycles. The van der Waals surface area contributed by atoms with E-state index in [1.807, 2.05) is 6.92 Å². The van der Waals surface area contributed by atoms with Gasteiger partial charge < -0.3 is 9.84 Å². The van der Waals surface area contributed by atoms with E-state index in [1.165, 1.54) is 141 Å². The van der Waals surface area contributed by atoms with E-state index in [4.69, 9.17) is 9.84 Å². The minimum atomic E-state index is -0.917. The summed E-state index contributed by atoms with van der Waals surface area (Å²) < 4.78 is 5.16. The average Bonchev–Trinajstić information content (AvgIpc) is 2.92. The van der Waals surface area contributed by atoms with Crippen LogP contribution in [0.25, 0.3) is 0 Å². The number of ether oxygens (including phenoxy) is 1. The highest BCUT2D eigenvalue weighted by molar-refractivity contribution is 5.79. The fourth-order valence-electron chi connectivity index (χ4n) is 5.24. The van der Waals surface area contributed by atoms with Gasteiger partial charge in [-0.05, 0) is 38.5 Å². The highest BCUT2D eigenvalue weighted by Gasteiger charge is 2.22. The van der Waals surface area contributed by atoms with E-state index in [0.717, 1.165) is 19.3 Å². The molecular weight excluding hydrogens is 484 g/mol. The second-order valence-corrected chi connectivity index (χ2v) is 11.7. The predicted octanol–water partition coefficient (Wildman–Crippen LogP) is 11.4. The number of carbonyl (C=O) groups is 2. The quantitative estimate of drug-likeness (QED) is 0.0529. The Morgan fingerprint density at radius 1 is 0.564 bits per heavy atom. The number of hydrogen-bond donors (Lipinski definition) is 1. The van der Waals surface area contributed by atoms with Crippen LogP contribution in [0.2, 0.25) is 0 Å². The van der Waals surface area contributed by atoms with Crippen LogP contribution in [0.15, 0.2) is 12.2 Å². The van der Waals surface area contributed by atoms with Crippen molar-refractivity contribution in [3.63, 3.8) is 0 Å². The normalized spacial score (nSPS) is 12.3. The summed E-state index contributed by atoms with van der Waals surface area (Å²) >= 11 is 0. The maximum absolute atomic E-state index is 12.0. The maximum atomic E-state index is 12.0. The van der Waals surface area contributed by atoms with Crippen molar-refractivity contribution in [1.29, 1.82) is 0 Å². The maximum Gasteiger partial charge on any atom is 0.309 e. The molecule has 0 saturated carbocycles. The Labute approximate surface area is 243 Å². The second-order valence-electron chi connectivity index (χ2n) is 11.7. The number of hydrogen-bond acceptors (Lipinski definition) is 3. The number of esters is 1. The Balaban J connectivity index is 3.36. The minimum Gasteiger partial charge on any atom is -0.481 e. The topological polar surface area (TPSA) is 63.6 Å². The first-order valence-electron chi connectivity index (χ1n) is 17.1. The van der Waals surface area contributed by atoms with Gasteiger partial charge in [-0.2, -0.15) is 0 Å². The van der Waals surface area contributed by atoms with Crippen LogP contribution < -0.4 is 0 Å². The van der Waals surface area contributed by atoms with Crippen molar-refractivity contribution < 1.29 is 19.4 Å². The zero-order valence-electron chi connectivity index (χ0n) is 26.2. The molecule has 230 valence electrons. The van der Waals surface area contributed by atoms with E-state index in [0.29, 0.717) is 13.0 Å². The molecule has 4 nitrogen and oxygen atoms in total. The van der Waals surface area contributed by atoms with Gasteiger partial charge in [0, 0.05) is 0 Å². The molecule has 1 atom stereocenters. The molecule has 0 radical (unpaired) electrons. The molecule has 1 unspecified atom stereocenters. The third-order valence-corrected chi connectivity index (χ3v) is 7.77. The summed E-state index contributed by atoms with van der Waals surface area (Å²) in [5.74, 6) is -1.74. The first kappa shape index (κ1) is 37.7. The number of carboxylic acid groups (broad SMARTS) is 1. The molecule has 0 aliphatic heterocycles. The number of aliphatic carboxylic acids is 1. The molecule has 0 aromatic rings. The summed E-state index contributed by atoms with van der Waals surface area (Å²) in [5, 5.41) is 9.04. The molecule has 0 aromatic heterocycles. The Hall–Kier alpha value is -1.32. The molecule has 39 heavy (non-hydrogen) atoms. The van der Waals surface area contributed by atoms with Gasteiger partial charge >= 0.3 is 11.9 Å². The van der Waals surface area contributed by atoms with Crippen LogP contribution in [0.4, 0.5) is 0 Å². The van der Waals surface area contributed by atoms with Crippen LogP contribution in [0, 0.1) is 5.92 Å². The van der Waals surface area contributed by atoms with Crippen LogP contribution in [-0.4, -0.2) is 23.7 Å². The van der Waals surface area contributed by atoms with Crippen LogP contribution in [0.3, 0.4) is 0 Å². The fraction of sp³-hybridized carbons (Fsp3) is 0.886. The zero-order valence-corrected chi connectivity index (χ0v) is 26.2. The minimum absolute atomic E-state index is 0.113. The molecule has 0 heterocycles. The molecule has 0 spiro atoms. The van der Waals surface area contributed by atoms with E-state index in [2.05, 4.69) is 19.1 Å². The van der Waals surface area contributed by atoms with Crippen LogP contribution >= 0.6 is 0 Å². The van der Waals surface area contributed by atoms with Gasteiger partial charge in [0.2, 0.25) is 0 Å². The number of allylic oxidation sites excluding steroid dienone is 2. The Kier molecular flexibility index (Phi) is 30.2. The van der Waals surface area contributed by atoms with Gasteiger partial charge in [0.1, 0.15) is 0 Å². The summed E-state index contributed by atoms with van der Waals surface area (Å²) in [6, 6.07) is 0. The van der Waals surface area contributed by atoms with Crippen molar-refractivity contribution in [2.75, 3.05) is 6.61 Å². The number of carboxylic acids is 1. The number of unbranched alkanes of at least 4 members (excludes halogenated alkanes) is 22. The third-order valence-electron chi connectivity index (χ3n) is 7.77. The summed E-state index contributed by atoms with van der Waals surface area (Å²) in [6.07, 6.45) is 38.1. The molecular formula is C35H66O4. The van der Waals surface area contributed by atoms with Gasteiger partial charge in [0.25, 0.3) is 0 Å². The van der Waals surface area contributed by atoms with Gasteiger partial charge in [-0.15, -0.1) is 0 Å². The molecule has 0 aliphatic rings. The van der Waals surface area contributed by atoms with Gasteiger partial charge in [-0.3, -0.25) is 9.59 Å². The van der Waals surface area contributed by atoms with Gasteiger partial charge in [-0.1, -0.05) is 154 Å². The van der Waals surface area contributed by atoms with Crippen molar-refractivity contribution in [2.45, 2.75) is 187 Å². The lowest BCUT2D eigenvalue weighted by Gasteiger charge is -2.13. The lowest BCUT2D eigenvalue weighted by molar-refractivity contribution is -0.153.